The van der Waals surface area contributed by atoms with Crippen LogP contribution >= 0.6 is 11.6 Å². The van der Waals surface area contributed by atoms with Crippen molar-refractivity contribution in [3.8, 4) is 0 Å². The first-order chi connectivity index (χ1) is 18.0. The number of aryl methyl sites for hydroxylation is 2. The van der Waals surface area contributed by atoms with Crippen LogP contribution in [0.5, 0.6) is 0 Å². The first-order valence-electron chi connectivity index (χ1n) is 12.1. The van der Waals surface area contributed by atoms with Gasteiger partial charge in [0.2, 0.25) is 0 Å². The van der Waals surface area contributed by atoms with E-state index in [4.69, 9.17) is 21.8 Å². The second kappa shape index (κ2) is 11.5. The summed E-state index contributed by atoms with van der Waals surface area (Å²) < 4.78 is 33.7. The Kier molecular flexibility index (Phi) is 8.30. The maximum Gasteiger partial charge on any atom is 0.419 e. The molecule has 0 aliphatic heterocycles. The number of rotatable bonds is 9. The third-order valence-corrected chi connectivity index (χ3v) is 6.78. The quantitative estimate of drug-likeness (QED) is 0.329. The first-order valence-corrected chi connectivity index (χ1v) is 12.5. The minimum atomic E-state index is -1.22. The highest BCUT2D eigenvalue weighted by atomic mass is 35.5. The minimum absolute atomic E-state index is 0.00690. The van der Waals surface area contributed by atoms with Crippen LogP contribution in [0.4, 0.5) is 8.78 Å². The number of amides is 1. The van der Waals surface area contributed by atoms with Gasteiger partial charge in [0.1, 0.15) is 11.6 Å². The van der Waals surface area contributed by atoms with Gasteiger partial charge in [-0.25, -0.2) is 13.6 Å². The monoisotopic (exact) mass is 543 g/mol. The molecule has 1 aromatic heterocycles. The number of benzene rings is 3. The maximum atomic E-state index is 13.8. The van der Waals surface area contributed by atoms with Gasteiger partial charge in [0.25, 0.3) is 5.91 Å². The predicted molar refractivity (Wildman–Crippen MR) is 141 cm³/mol. The molecule has 0 fully saturated rings. The molecule has 3 aromatic carbocycles. The Morgan fingerprint density at radius 2 is 1.79 bits per heavy atom. The number of aliphatic hydroxyl groups is 1. The van der Waals surface area contributed by atoms with Gasteiger partial charge in [-0.3, -0.25) is 9.36 Å². The number of carbonyl (C=O) groups excluding carboxylic acids is 1. The van der Waals surface area contributed by atoms with Gasteiger partial charge in [-0.05, 0) is 47.7 Å². The van der Waals surface area contributed by atoms with Gasteiger partial charge in [-0.2, -0.15) is 0 Å². The largest absolute Gasteiger partial charge is 0.419 e. The molecular formula is C28H28ClF2N3O4. The van der Waals surface area contributed by atoms with Crippen LogP contribution in [0.3, 0.4) is 0 Å². The smallest absolute Gasteiger partial charge is 0.408 e. The topological polar surface area (TPSA) is 102 Å². The lowest BCUT2D eigenvalue weighted by Crippen LogP contribution is -2.46. The molecule has 0 saturated heterocycles. The zero-order valence-electron chi connectivity index (χ0n) is 21.0. The van der Waals surface area contributed by atoms with Crippen molar-refractivity contribution < 1.29 is 23.1 Å². The summed E-state index contributed by atoms with van der Waals surface area (Å²) in [4.78, 5) is 27.1. The Labute approximate surface area is 223 Å². The van der Waals surface area contributed by atoms with Crippen molar-refractivity contribution in [3.63, 3.8) is 0 Å². The van der Waals surface area contributed by atoms with E-state index in [9.17, 15) is 23.5 Å². The molecule has 0 saturated carbocycles. The number of carbonyl (C=O) groups is 1. The van der Waals surface area contributed by atoms with Crippen LogP contribution < -0.4 is 11.5 Å². The van der Waals surface area contributed by atoms with Crippen molar-refractivity contribution >= 4 is 28.6 Å². The van der Waals surface area contributed by atoms with Gasteiger partial charge in [-0.15, -0.1) is 0 Å². The number of halogens is 3. The Morgan fingerprint density at radius 1 is 1.11 bits per heavy atom. The molecule has 0 spiro atoms. The average molecular weight is 544 g/mol. The molecule has 1 amide bonds. The fraction of sp³-hybridized carbons (Fsp3) is 0.286. The Hall–Kier alpha value is -3.53. The zero-order chi connectivity index (χ0) is 27.6. The predicted octanol–water partition coefficient (Wildman–Crippen LogP) is 4.20. The van der Waals surface area contributed by atoms with Crippen molar-refractivity contribution in [2.45, 2.75) is 38.5 Å². The van der Waals surface area contributed by atoms with E-state index in [0.29, 0.717) is 5.52 Å². The summed E-state index contributed by atoms with van der Waals surface area (Å²) in [5.41, 5.74) is 9.14. The minimum Gasteiger partial charge on any atom is -0.408 e. The summed E-state index contributed by atoms with van der Waals surface area (Å²) in [7, 11) is 1.52. The summed E-state index contributed by atoms with van der Waals surface area (Å²) in [5, 5.41) is 11.0. The molecule has 200 valence electrons. The number of aliphatic hydroxyl groups excluding tert-OH is 1. The molecule has 3 N–H and O–H groups in total. The van der Waals surface area contributed by atoms with E-state index >= 15 is 0 Å². The maximum absolute atomic E-state index is 13.8. The number of hydrogen-bond donors (Lipinski definition) is 2. The SMILES string of the molecule is CCc1cccc(CN(CC(O)C(N)Cc2cc(F)cc(F)c2)C(=O)c2cc3c(cc2Cl)oc(=O)n3C)c1. The lowest BCUT2D eigenvalue weighted by molar-refractivity contribution is 0.0554. The molecule has 38 heavy (non-hydrogen) atoms. The highest BCUT2D eigenvalue weighted by molar-refractivity contribution is 6.34. The van der Waals surface area contributed by atoms with Crippen LogP contribution in [-0.4, -0.2) is 39.2 Å². The summed E-state index contributed by atoms with van der Waals surface area (Å²) >= 11 is 6.41. The standard InChI is InChI=1S/C28H28ClF2N3O4/c1-3-16-5-4-6-17(7-16)14-34(15-25(35)23(32)10-18-8-19(30)11-20(31)9-18)27(36)21-12-24-26(13-22(21)29)38-28(37)33(24)2/h4-9,11-13,23,25,35H,3,10,14-15,32H2,1-2H3. The zero-order valence-corrected chi connectivity index (χ0v) is 21.7. The molecule has 2 atom stereocenters. The molecule has 0 aliphatic rings. The number of nitrogens with two attached hydrogens (primary N) is 1. The van der Waals surface area contributed by atoms with Gasteiger partial charge in [0.15, 0.2) is 5.58 Å². The average Bonchev–Trinajstić information content (AvgIpc) is 3.14. The van der Waals surface area contributed by atoms with Crippen LogP contribution in [0.2, 0.25) is 5.02 Å². The molecule has 1 heterocycles. The van der Waals surface area contributed by atoms with Gasteiger partial charge in [-0.1, -0.05) is 42.8 Å². The lowest BCUT2D eigenvalue weighted by Gasteiger charge is -2.29. The number of hydrogen-bond acceptors (Lipinski definition) is 5. The van der Waals surface area contributed by atoms with Crippen molar-refractivity contribution in [2.24, 2.45) is 12.8 Å². The van der Waals surface area contributed by atoms with E-state index in [1.165, 1.54) is 28.6 Å². The molecular weight excluding hydrogens is 516 g/mol. The molecule has 0 bridgehead atoms. The van der Waals surface area contributed by atoms with Crippen molar-refractivity contribution in [2.75, 3.05) is 6.54 Å². The van der Waals surface area contributed by atoms with Crippen LogP contribution in [0.1, 0.15) is 34.0 Å². The molecule has 10 heteroatoms. The summed E-state index contributed by atoms with van der Waals surface area (Å²) in [6.45, 7) is 1.99. The number of fused-ring (bicyclic) bond motifs is 1. The second-order valence-electron chi connectivity index (χ2n) is 9.30. The molecule has 4 rings (SSSR count). The molecule has 0 aliphatic carbocycles. The highest BCUT2D eigenvalue weighted by Crippen LogP contribution is 2.26. The normalized spacial score (nSPS) is 13.0. The highest BCUT2D eigenvalue weighted by Gasteiger charge is 2.26. The van der Waals surface area contributed by atoms with Crippen LogP contribution in [-0.2, 0) is 26.4 Å². The Bertz CT molecular complexity index is 1510. The third-order valence-electron chi connectivity index (χ3n) is 6.47. The van der Waals surface area contributed by atoms with Crippen molar-refractivity contribution in [1.82, 2.24) is 9.47 Å². The van der Waals surface area contributed by atoms with Crippen LogP contribution in [0.25, 0.3) is 11.1 Å². The molecule has 2 unspecified atom stereocenters. The summed E-state index contributed by atoms with van der Waals surface area (Å²) in [5.74, 6) is -2.57. The fourth-order valence-electron chi connectivity index (χ4n) is 4.37. The number of nitrogens with zero attached hydrogens (tertiary/aromatic N) is 2. The Morgan fingerprint density at radius 3 is 2.47 bits per heavy atom. The van der Waals surface area contributed by atoms with E-state index in [0.717, 1.165) is 35.7 Å². The van der Waals surface area contributed by atoms with Crippen molar-refractivity contribution in [1.29, 1.82) is 0 Å². The van der Waals surface area contributed by atoms with E-state index in [2.05, 4.69) is 0 Å². The van der Waals surface area contributed by atoms with Gasteiger partial charge < -0.3 is 20.2 Å². The summed E-state index contributed by atoms with van der Waals surface area (Å²) in [6, 6.07) is 12.7. The van der Waals surface area contributed by atoms with Gasteiger partial charge in [0.05, 0.1) is 22.2 Å². The van der Waals surface area contributed by atoms with Crippen LogP contribution in [0, 0.1) is 11.6 Å². The third kappa shape index (κ3) is 6.12. The second-order valence-corrected chi connectivity index (χ2v) is 9.71. The van der Waals surface area contributed by atoms with E-state index < -0.39 is 35.4 Å². The van der Waals surface area contributed by atoms with Gasteiger partial charge in [0, 0.05) is 38.3 Å². The number of oxazole rings is 1. The van der Waals surface area contributed by atoms with Gasteiger partial charge >= 0.3 is 5.76 Å². The van der Waals surface area contributed by atoms with E-state index in [1.807, 2.05) is 31.2 Å². The Balaban J connectivity index is 1.64. The number of aromatic nitrogens is 1. The van der Waals surface area contributed by atoms with E-state index in [1.54, 1.807) is 0 Å². The van der Waals surface area contributed by atoms with Crippen molar-refractivity contribution in [3.05, 3.63) is 104 Å². The lowest BCUT2D eigenvalue weighted by atomic mass is 10.0. The molecule has 7 nitrogen and oxygen atoms in total. The fourth-order valence-corrected chi connectivity index (χ4v) is 4.60. The molecule has 0 radical (unpaired) electrons. The first kappa shape index (κ1) is 27.5. The molecule has 4 aromatic rings. The van der Waals surface area contributed by atoms with Crippen LogP contribution in [0.15, 0.2) is 63.8 Å². The van der Waals surface area contributed by atoms with E-state index in [-0.39, 0.29) is 41.2 Å². The summed E-state index contributed by atoms with van der Waals surface area (Å²) in [6.07, 6.45) is -0.427.